The number of fused-ring (bicyclic) bond motifs is 1. The van der Waals surface area contributed by atoms with Crippen LogP contribution in [0.25, 0.3) is 21.9 Å². The quantitative estimate of drug-likeness (QED) is 0.766. The minimum Gasteiger partial charge on any atom is -0.352 e. The van der Waals surface area contributed by atoms with Gasteiger partial charge < -0.3 is 5.32 Å². The summed E-state index contributed by atoms with van der Waals surface area (Å²) in [7, 11) is 0. The van der Waals surface area contributed by atoms with Crippen molar-refractivity contribution >= 4 is 16.7 Å². The van der Waals surface area contributed by atoms with Crippen LogP contribution < -0.4 is 5.32 Å². The molecule has 1 heterocycles. The van der Waals surface area contributed by atoms with Crippen LogP contribution in [0, 0.1) is 6.92 Å². The van der Waals surface area contributed by atoms with E-state index in [1.54, 1.807) is 6.20 Å². The predicted octanol–water partition coefficient (Wildman–Crippen LogP) is 4.48. The van der Waals surface area contributed by atoms with Crippen LogP contribution in [0.4, 0.5) is 0 Å². The lowest BCUT2D eigenvalue weighted by Crippen LogP contribution is -2.22. The molecule has 3 aromatic rings. The Morgan fingerprint density at radius 2 is 1.96 bits per heavy atom. The van der Waals surface area contributed by atoms with E-state index in [0.717, 1.165) is 33.2 Å². The van der Waals surface area contributed by atoms with Crippen molar-refractivity contribution < 1.29 is 4.79 Å². The topological polar surface area (TPSA) is 54.9 Å². The molecule has 2 aromatic carbocycles. The average Bonchev–Trinajstić information content (AvgIpc) is 2.61. The van der Waals surface area contributed by atoms with Crippen LogP contribution in [0.2, 0.25) is 0 Å². The first-order chi connectivity index (χ1) is 12.0. The minimum absolute atomic E-state index is 0.0440. The molecule has 0 fully saturated rings. The van der Waals surface area contributed by atoms with E-state index < -0.39 is 0 Å². The number of nitrogens with zero attached hydrogens (tertiary/aromatic N) is 2. The summed E-state index contributed by atoms with van der Waals surface area (Å²) >= 11 is 0. The molecule has 3 rings (SSSR count). The molecular weight excluding hydrogens is 310 g/mol. The fraction of sp³-hybridized carbons (Fsp3) is 0.286. The van der Waals surface area contributed by atoms with Gasteiger partial charge in [-0.3, -0.25) is 4.79 Å². The number of aryl methyl sites for hydroxylation is 1. The molecule has 1 aromatic heterocycles. The Kier molecular flexibility index (Phi) is 4.79. The first-order valence-corrected chi connectivity index (χ1v) is 8.65. The van der Waals surface area contributed by atoms with Crippen molar-refractivity contribution in [1.82, 2.24) is 15.5 Å². The molecule has 0 saturated heterocycles. The third-order valence-corrected chi connectivity index (χ3v) is 4.38. The number of amides is 1. The van der Waals surface area contributed by atoms with Gasteiger partial charge in [0.15, 0.2) is 0 Å². The number of hydrogen-bond acceptors (Lipinski definition) is 3. The molecule has 0 aliphatic carbocycles. The maximum absolute atomic E-state index is 12.1. The molecule has 0 spiro atoms. The summed E-state index contributed by atoms with van der Waals surface area (Å²) in [5.41, 5.74) is 4.97. The normalized spacial score (nSPS) is 11.1. The van der Waals surface area contributed by atoms with Crippen molar-refractivity contribution in [3.8, 4) is 11.1 Å². The summed E-state index contributed by atoms with van der Waals surface area (Å²) in [6, 6.07) is 12.1. The van der Waals surface area contributed by atoms with Crippen LogP contribution in [-0.2, 0) is 0 Å². The van der Waals surface area contributed by atoms with Crippen LogP contribution in [0.1, 0.15) is 48.3 Å². The number of aromatic nitrogens is 2. The van der Waals surface area contributed by atoms with Crippen molar-refractivity contribution in [2.24, 2.45) is 0 Å². The Morgan fingerprint density at radius 3 is 2.68 bits per heavy atom. The Bertz CT molecular complexity index is 932. The van der Waals surface area contributed by atoms with Gasteiger partial charge in [-0.2, -0.15) is 10.2 Å². The largest absolute Gasteiger partial charge is 0.352 e. The van der Waals surface area contributed by atoms with Crippen LogP contribution in [-0.4, -0.2) is 22.6 Å². The second-order valence-corrected chi connectivity index (χ2v) is 6.58. The second kappa shape index (κ2) is 7.01. The van der Waals surface area contributed by atoms with E-state index in [2.05, 4.69) is 54.5 Å². The summed E-state index contributed by atoms with van der Waals surface area (Å²) in [5, 5.41) is 13.5. The van der Waals surface area contributed by atoms with Crippen LogP contribution in [0.3, 0.4) is 0 Å². The van der Waals surface area contributed by atoms with Crippen LogP contribution in [0.5, 0.6) is 0 Å². The van der Waals surface area contributed by atoms with Gasteiger partial charge in [-0.25, -0.2) is 0 Å². The van der Waals surface area contributed by atoms with E-state index in [1.165, 1.54) is 0 Å². The Labute approximate surface area is 148 Å². The second-order valence-electron chi connectivity index (χ2n) is 6.58. The van der Waals surface area contributed by atoms with Gasteiger partial charge in [0, 0.05) is 22.9 Å². The van der Waals surface area contributed by atoms with E-state index in [0.29, 0.717) is 18.0 Å². The zero-order valence-electron chi connectivity index (χ0n) is 15.1. The summed E-state index contributed by atoms with van der Waals surface area (Å²) < 4.78 is 0. The van der Waals surface area contributed by atoms with Crippen LogP contribution in [0.15, 0.2) is 42.6 Å². The summed E-state index contributed by atoms with van der Waals surface area (Å²) in [6.45, 7) is 8.85. The van der Waals surface area contributed by atoms with Gasteiger partial charge in [-0.15, -0.1) is 0 Å². The maximum atomic E-state index is 12.1. The lowest BCUT2D eigenvalue weighted by atomic mass is 9.95. The van der Waals surface area contributed by atoms with Gasteiger partial charge >= 0.3 is 0 Å². The van der Waals surface area contributed by atoms with Gasteiger partial charge in [-0.1, -0.05) is 32.0 Å². The van der Waals surface area contributed by atoms with E-state index >= 15 is 0 Å². The first kappa shape index (κ1) is 17.1. The predicted molar refractivity (Wildman–Crippen MR) is 102 cm³/mol. The van der Waals surface area contributed by atoms with E-state index in [1.807, 2.05) is 25.1 Å². The molecule has 0 aliphatic heterocycles. The number of carbonyl (C=O) groups excluding carboxylic acids is 1. The van der Waals surface area contributed by atoms with Crippen molar-refractivity contribution in [1.29, 1.82) is 0 Å². The zero-order chi connectivity index (χ0) is 18.0. The number of nitrogens with one attached hydrogen (secondary N) is 1. The first-order valence-electron chi connectivity index (χ1n) is 8.65. The fourth-order valence-corrected chi connectivity index (χ4v) is 3.04. The zero-order valence-corrected chi connectivity index (χ0v) is 15.1. The summed E-state index contributed by atoms with van der Waals surface area (Å²) in [5.74, 6) is 0.280. The maximum Gasteiger partial charge on any atom is 0.251 e. The Morgan fingerprint density at radius 1 is 1.16 bits per heavy atom. The van der Waals surface area contributed by atoms with Gasteiger partial charge in [0.05, 0.1) is 11.9 Å². The monoisotopic (exact) mass is 333 g/mol. The van der Waals surface area contributed by atoms with Crippen LogP contribution >= 0.6 is 0 Å². The highest BCUT2D eigenvalue weighted by atomic mass is 16.1. The molecule has 4 heteroatoms. The molecule has 0 unspecified atom stereocenters. The van der Waals surface area contributed by atoms with Gasteiger partial charge in [-0.05, 0) is 54.7 Å². The molecule has 0 aliphatic rings. The SMILES string of the molecule is CCNC(=O)c1ccc(C)c(-c2ccc3c(C(C)C)nncc3c2)c1. The molecule has 0 atom stereocenters. The number of carbonyl (C=O) groups is 1. The molecule has 0 saturated carbocycles. The number of rotatable bonds is 4. The van der Waals surface area contributed by atoms with Gasteiger partial charge in [0.1, 0.15) is 0 Å². The lowest BCUT2D eigenvalue weighted by Gasteiger charge is -2.12. The third-order valence-electron chi connectivity index (χ3n) is 4.38. The lowest BCUT2D eigenvalue weighted by molar-refractivity contribution is 0.0956. The van der Waals surface area contributed by atoms with E-state index in [9.17, 15) is 4.79 Å². The highest BCUT2D eigenvalue weighted by Crippen LogP contribution is 2.30. The third kappa shape index (κ3) is 3.38. The van der Waals surface area contributed by atoms with E-state index in [-0.39, 0.29) is 5.91 Å². The Balaban J connectivity index is 2.10. The minimum atomic E-state index is -0.0440. The molecular formula is C21H23N3O. The molecule has 128 valence electrons. The molecule has 1 N–H and O–H groups in total. The highest BCUT2D eigenvalue weighted by molar-refractivity contribution is 5.96. The van der Waals surface area contributed by atoms with Crippen molar-refractivity contribution in [2.75, 3.05) is 6.54 Å². The van der Waals surface area contributed by atoms with Gasteiger partial charge in [0.25, 0.3) is 5.91 Å². The van der Waals surface area contributed by atoms with Crippen molar-refractivity contribution in [3.63, 3.8) is 0 Å². The Hall–Kier alpha value is -2.75. The number of hydrogen-bond donors (Lipinski definition) is 1. The molecule has 0 radical (unpaired) electrons. The van der Waals surface area contributed by atoms with Gasteiger partial charge in [0.2, 0.25) is 0 Å². The standard InChI is InChI=1S/C21H23N3O/c1-5-22-21(25)16-7-6-14(4)19(11-16)15-8-9-18-17(10-15)12-23-24-20(18)13(2)3/h6-13H,5H2,1-4H3,(H,22,25). The molecule has 4 nitrogen and oxygen atoms in total. The van der Waals surface area contributed by atoms with E-state index in [4.69, 9.17) is 0 Å². The molecule has 0 bridgehead atoms. The summed E-state index contributed by atoms with van der Waals surface area (Å²) in [4.78, 5) is 12.1. The average molecular weight is 333 g/mol. The summed E-state index contributed by atoms with van der Waals surface area (Å²) in [6.07, 6.45) is 1.80. The molecule has 25 heavy (non-hydrogen) atoms. The highest BCUT2D eigenvalue weighted by Gasteiger charge is 2.12. The molecule has 1 amide bonds. The fourth-order valence-electron chi connectivity index (χ4n) is 3.04. The van der Waals surface area contributed by atoms with Crippen molar-refractivity contribution in [3.05, 3.63) is 59.4 Å². The smallest absolute Gasteiger partial charge is 0.251 e. The number of benzene rings is 2. The van der Waals surface area contributed by atoms with Crippen molar-refractivity contribution in [2.45, 2.75) is 33.6 Å².